The topological polar surface area (TPSA) is 40.5 Å². The first kappa shape index (κ1) is 14.6. The van der Waals surface area contributed by atoms with E-state index in [-0.39, 0.29) is 6.54 Å². The number of carboxylic acid groups (broad SMARTS) is 1. The maximum absolute atomic E-state index is 11.0. The lowest BCUT2D eigenvalue weighted by Gasteiger charge is -2.27. The van der Waals surface area contributed by atoms with Crippen LogP contribution in [0.5, 0.6) is 0 Å². The molecule has 5 heteroatoms. The van der Waals surface area contributed by atoms with E-state index in [0.29, 0.717) is 22.6 Å². The van der Waals surface area contributed by atoms with Crippen molar-refractivity contribution in [2.45, 2.75) is 38.3 Å². The molecule has 0 radical (unpaired) electrons. The van der Waals surface area contributed by atoms with Crippen molar-refractivity contribution in [1.82, 2.24) is 4.90 Å². The molecule has 0 spiro atoms. The van der Waals surface area contributed by atoms with Crippen LogP contribution in [-0.2, 0) is 11.3 Å². The van der Waals surface area contributed by atoms with Crippen molar-refractivity contribution in [3.05, 3.63) is 33.8 Å². The molecule has 1 aromatic rings. The number of hydrogen-bond acceptors (Lipinski definition) is 2. The minimum absolute atomic E-state index is 0.0491. The van der Waals surface area contributed by atoms with Gasteiger partial charge in [-0.05, 0) is 24.5 Å². The predicted molar refractivity (Wildman–Crippen MR) is 76.8 cm³/mol. The molecule has 0 unspecified atom stereocenters. The van der Waals surface area contributed by atoms with Crippen LogP contribution >= 0.6 is 23.2 Å². The van der Waals surface area contributed by atoms with Gasteiger partial charge in [-0.1, -0.05) is 48.2 Å². The van der Waals surface area contributed by atoms with Gasteiger partial charge in [0.2, 0.25) is 0 Å². The molecular weight excluding hydrogens is 285 g/mol. The Hall–Kier alpha value is -0.770. The molecule has 104 valence electrons. The highest BCUT2D eigenvalue weighted by Crippen LogP contribution is 2.29. The van der Waals surface area contributed by atoms with Gasteiger partial charge >= 0.3 is 5.97 Å². The fourth-order valence-corrected chi connectivity index (χ4v) is 3.03. The number of benzene rings is 1. The number of rotatable bonds is 5. The molecule has 0 atom stereocenters. The summed E-state index contributed by atoms with van der Waals surface area (Å²) >= 11 is 12.2. The highest BCUT2D eigenvalue weighted by Gasteiger charge is 2.25. The molecule has 0 aromatic heterocycles. The SMILES string of the molecule is O=C(O)CN(Cc1cccc(Cl)c1Cl)C1CCCC1. The minimum atomic E-state index is -0.801. The summed E-state index contributed by atoms with van der Waals surface area (Å²) in [7, 11) is 0. The van der Waals surface area contributed by atoms with Gasteiger partial charge in [-0.15, -0.1) is 0 Å². The lowest BCUT2D eigenvalue weighted by atomic mass is 10.1. The Bertz CT molecular complexity index is 459. The minimum Gasteiger partial charge on any atom is -0.480 e. The van der Waals surface area contributed by atoms with Crippen LogP contribution in [0.4, 0.5) is 0 Å². The van der Waals surface area contributed by atoms with E-state index in [1.807, 2.05) is 17.0 Å². The molecule has 0 heterocycles. The second kappa shape index (κ2) is 6.60. The molecule has 1 aliphatic carbocycles. The van der Waals surface area contributed by atoms with Gasteiger partial charge in [-0.25, -0.2) is 0 Å². The second-order valence-corrected chi connectivity index (χ2v) is 5.74. The van der Waals surface area contributed by atoms with Gasteiger partial charge in [0.1, 0.15) is 0 Å². The third-order valence-electron chi connectivity index (χ3n) is 3.58. The molecule has 2 rings (SSSR count). The first-order valence-electron chi connectivity index (χ1n) is 6.46. The van der Waals surface area contributed by atoms with Crippen molar-refractivity contribution in [2.75, 3.05) is 6.54 Å². The third kappa shape index (κ3) is 3.85. The predicted octanol–water partition coefficient (Wildman–Crippen LogP) is 3.82. The van der Waals surface area contributed by atoms with Crippen LogP contribution in [0.25, 0.3) is 0 Å². The zero-order valence-corrected chi connectivity index (χ0v) is 12.1. The number of halogens is 2. The summed E-state index contributed by atoms with van der Waals surface area (Å²) in [5.41, 5.74) is 0.891. The average Bonchev–Trinajstić information content (AvgIpc) is 2.87. The Morgan fingerprint density at radius 1 is 1.32 bits per heavy atom. The number of aliphatic carboxylic acids is 1. The molecule has 1 N–H and O–H groups in total. The number of carbonyl (C=O) groups is 1. The summed E-state index contributed by atoms with van der Waals surface area (Å²) in [5, 5.41) is 10.1. The van der Waals surface area contributed by atoms with E-state index in [1.54, 1.807) is 6.07 Å². The van der Waals surface area contributed by atoms with Crippen molar-refractivity contribution in [2.24, 2.45) is 0 Å². The maximum atomic E-state index is 11.0. The molecule has 1 aromatic carbocycles. The van der Waals surface area contributed by atoms with Crippen LogP contribution < -0.4 is 0 Å². The zero-order valence-electron chi connectivity index (χ0n) is 10.6. The van der Waals surface area contributed by atoms with E-state index >= 15 is 0 Å². The Kier molecular flexibility index (Phi) is 5.08. The molecule has 1 saturated carbocycles. The van der Waals surface area contributed by atoms with Crippen LogP contribution in [0.1, 0.15) is 31.2 Å². The van der Waals surface area contributed by atoms with Gasteiger partial charge in [-0.2, -0.15) is 0 Å². The van der Waals surface area contributed by atoms with Crippen molar-refractivity contribution >= 4 is 29.2 Å². The Labute approximate surface area is 123 Å². The van der Waals surface area contributed by atoms with E-state index < -0.39 is 5.97 Å². The van der Waals surface area contributed by atoms with Crippen LogP contribution in [0.15, 0.2) is 18.2 Å². The maximum Gasteiger partial charge on any atom is 0.317 e. The Balaban J connectivity index is 2.14. The number of nitrogens with zero attached hydrogens (tertiary/aromatic N) is 1. The van der Waals surface area contributed by atoms with E-state index in [4.69, 9.17) is 28.3 Å². The van der Waals surface area contributed by atoms with Crippen LogP contribution in [0, 0.1) is 0 Å². The van der Waals surface area contributed by atoms with Gasteiger partial charge in [-0.3, -0.25) is 9.69 Å². The van der Waals surface area contributed by atoms with Crippen LogP contribution in [0.3, 0.4) is 0 Å². The molecule has 0 bridgehead atoms. The second-order valence-electron chi connectivity index (χ2n) is 4.95. The van der Waals surface area contributed by atoms with Crippen molar-refractivity contribution in [3.8, 4) is 0 Å². The quantitative estimate of drug-likeness (QED) is 0.899. The molecule has 1 fully saturated rings. The van der Waals surface area contributed by atoms with E-state index in [2.05, 4.69) is 0 Å². The number of hydrogen-bond donors (Lipinski definition) is 1. The molecule has 3 nitrogen and oxygen atoms in total. The van der Waals surface area contributed by atoms with Crippen LogP contribution in [-0.4, -0.2) is 28.6 Å². The fraction of sp³-hybridized carbons (Fsp3) is 0.500. The largest absolute Gasteiger partial charge is 0.480 e. The summed E-state index contributed by atoms with van der Waals surface area (Å²) in [5.74, 6) is -0.801. The number of carboxylic acids is 1. The van der Waals surface area contributed by atoms with Gasteiger partial charge in [0, 0.05) is 12.6 Å². The van der Waals surface area contributed by atoms with E-state index in [0.717, 1.165) is 18.4 Å². The molecule has 1 aliphatic rings. The summed E-state index contributed by atoms with van der Waals surface area (Å²) in [6, 6.07) is 5.82. The van der Waals surface area contributed by atoms with Gasteiger partial charge in [0.15, 0.2) is 0 Å². The van der Waals surface area contributed by atoms with Crippen molar-refractivity contribution in [1.29, 1.82) is 0 Å². The molecule has 19 heavy (non-hydrogen) atoms. The Morgan fingerprint density at radius 3 is 2.63 bits per heavy atom. The smallest absolute Gasteiger partial charge is 0.317 e. The fourth-order valence-electron chi connectivity index (χ4n) is 2.65. The average molecular weight is 302 g/mol. The first-order valence-corrected chi connectivity index (χ1v) is 7.22. The molecule has 0 aliphatic heterocycles. The normalized spacial score (nSPS) is 16.2. The summed E-state index contributed by atoms with van der Waals surface area (Å²) in [6.07, 6.45) is 4.46. The van der Waals surface area contributed by atoms with Gasteiger partial charge < -0.3 is 5.11 Å². The summed E-state index contributed by atoms with van der Waals surface area (Å²) < 4.78 is 0. The first-order chi connectivity index (χ1) is 9.08. The molecular formula is C14H17Cl2NO2. The van der Waals surface area contributed by atoms with E-state index in [1.165, 1.54) is 12.8 Å². The lowest BCUT2D eigenvalue weighted by Crippen LogP contribution is -2.37. The summed E-state index contributed by atoms with van der Waals surface area (Å²) in [4.78, 5) is 13.0. The molecule has 0 saturated heterocycles. The summed E-state index contributed by atoms with van der Waals surface area (Å²) in [6.45, 7) is 0.587. The highest BCUT2D eigenvalue weighted by atomic mass is 35.5. The van der Waals surface area contributed by atoms with Crippen molar-refractivity contribution in [3.63, 3.8) is 0 Å². The van der Waals surface area contributed by atoms with Gasteiger partial charge in [0.25, 0.3) is 0 Å². The van der Waals surface area contributed by atoms with Gasteiger partial charge in [0.05, 0.1) is 16.6 Å². The molecule has 0 amide bonds. The lowest BCUT2D eigenvalue weighted by molar-refractivity contribution is -0.139. The third-order valence-corrected chi connectivity index (χ3v) is 4.44. The zero-order chi connectivity index (χ0) is 13.8. The van der Waals surface area contributed by atoms with Crippen molar-refractivity contribution < 1.29 is 9.90 Å². The van der Waals surface area contributed by atoms with E-state index in [9.17, 15) is 4.79 Å². The standard InChI is InChI=1S/C14H17Cl2NO2/c15-12-7-3-4-10(14(12)16)8-17(9-13(18)19)11-5-1-2-6-11/h3-4,7,11H,1-2,5-6,8-9H2,(H,18,19). The van der Waals surface area contributed by atoms with Crippen LogP contribution in [0.2, 0.25) is 10.0 Å². The Morgan fingerprint density at radius 2 is 2.00 bits per heavy atom. The monoisotopic (exact) mass is 301 g/mol. The highest BCUT2D eigenvalue weighted by molar-refractivity contribution is 6.42.